The summed E-state index contributed by atoms with van der Waals surface area (Å²) in [6.45, 7) is 1.12. The molecule has 1 amide bonds. The maximum absolute atomic E-state index is 13.1. The van der Waals surface area contributed by atoms with Gasteiger partial charge in [0.2, 0.25) is 0 Å². The van der Waals surface area contributed by atoms with Gasteiger partial charge in [-0.3, -0.25) is 9.59 Å². The van der Waals surface area contributed by atoms with E-state index in [-0.39, 0.29) is 35.4 Å². The number of carbonyl (C=O) groups excluding carboxylic acids is 2. The van der Waals surface area contributed by atoms with Crippen molar-refractivity contribution in [3.63, 3.8) is 0 Å². The number of halogens is 3. The van der Waals surface area contributed by atoms with Gasteiger partial charge in [-0.25, -0.2) is 0 Å². The quantitative estimate of drug-likeness (QED) is 0.678. The molecule has 154 valence electrons. The number of ether oxygens (including phenoxy) is 1. The minimum absolute atomic E-state index is 0.0645. The minimum atomic E-state index is -4.30. The number of hydrogen-bond acceptors (Lipinski definition) is 3. The smallest absolute Gasteiger partial charge is 0.395 e. The van der Waals surface area contributed by atoms with Gasteiger partial charge in [0.05, 0.1) is 18.9 Å². The molecule has 0 radical (unpaired) electrons. The van der Waals surface area contributed by atoms with Crippen LogP contribution in [-0.4, -0.2) is 42.1 Å². The standard InChI is InChI=1S/C21H26F3NO3/c1-13(21(22,23)24)14-3-5-15(6-4-14)19(26)25(18-11-12-18)17-9-7-16(8-10-17)20(27)28-2/h3-6,13,16-18H,7-12H2,1-2H3. The van der Waals surface area contributed by atoms with E-state index in [1.54, 1.807) is 0 Å². The van der Waals surface area contributed by atoms with Crippen LogP contribution in [0.2, 0.25) is 0 Å². The predicted octanol–water partition coefficient (Wildman–Crippen LogP) is 4.69. The van der Waals surface area contributed by atoms with Crippen LogP contribution in [0.15, 0.2) is 24.3 Å². The van der Waals surface area contributed by atoms with Gasteiger partial charge in [-0.05, 0) is 63.1 Å². The van der Waals surface area contributed by atoms with Crippen molar-refractivity contribution in [2.45, 2.75) is 69.6 Å². The number of nitrogens with zero attached hydrogens (tertiary/aromatic N) is 1. The molecule has 1 atom stereocenters. The molecule has 2 fully saturated rings. The van der Waals surface area contributed by atoms with E-state index >= 15 is 0 Å². The molecule has 0 heterocycles. The van der Waals surface area contributed by atoms with Gasteiger partial charge >= 0.3 is 12.1 Å². The summed E-state index contributed by atoms with van der Waals surface area (Å²) < 4.78 is 43.5. The molecule has 28 heavy (non-hydrogen) atoms. The highest BCUT2D eigenvalue weighted by Crippen LogP contribution is 2.37. The number of rotatable bonds is 5. The van der Waals surface area contributed by atoms with Crippen molar-refractivity contribution >= 4 is 11.9 Å². The number of amides is 1. The number of hydrogen-bond donors (Lipinski definition) is 0. The summed E-state index contributed by atoms with van der Waals surface area (Å²) in [7, 11) is 1.39. The molecular formula is C21H26F3NO3. The second-order valence-electron chi connectivity index (χ2n) is 7.86. The van der Waals surface area contributed by atoms with Crippen LogP contribution < -0.4 is 0 Å². The number of alkyl halides is 3. The van der Waals surface area contributed by atoms with Crippen LogP contribution in [0.4, 0.5) is 13.2 Å². The van der Waals surface area contributed by atoms with Crippen molar-refractivity contribution in [3.05, 3.63) is 35.4 Å². The molecule has 0 aromatic heterocycles. The number of methoxy groups -OCH3 is 1. The van der Waals surface area contributed by atoms with Crippen LogP contribution in [0.5, 0.6) is 0 Å². The van der Waals surface area contributed by atoms with Gasteiger partial charge in [-0.15, -0.1) is 0 Å². The zero-order valence-electron chi connectivity index (χ0n) is 16.2. The fourth-order valence-corrected chi connectivity index (χ4v) is 3.99. The number of carbonyl (C=O) groups is 2. The van der Waals surface area contributed by atoms with E-state index < -0.39 is 12.1 Å². The van der Waals surface area contributed by atoms with Crippen LogP contribution in [-0.2, 0) is 9.53 Å². The first-order valence-corrected chi connectivity index (χ1v) is 9.79. The predicted molar refractivity (Wildman–Crippen MR) is 97.9 cm³/mol. The first-order chi connectivity index (χ1) is 13.2. The van der Waals surface area contributed by atoms with Crippen LogP contribution in [0, 0.1) is 5.92 Å². The first-order valence-electron chi connectivity index (χ1n) is 9.79. The van der Waals surface area contributed by atoms with E-state index in [2.05, 4.69) is 0 Å². The molecule has 0 bridgehead atoms. The largest absolute Gasteiger partial charge is 0.469 e. The molecule has 7 heteroatoms. The van der Waals surface area contributed by atoms with Crippen molar-refractivity contribution in [1.82, 2.24) is 4.90 Å². The van der Waals surface area contributed by atoms with Crippen molar-refractivity contribution in [2.75, 3.05) is 7.11 Å². The Morgan fingerprint density at radius 1 is 1.00 bits per heavy atom. The fraction of sp³-hybridized carbons (Fsp3) is 0.619. The maximum atomic E-state index is 13.1. The van der Waals surface area contributed by atoms with Gasteiger partial charge in [0.15, 0.2) is 0 Å². The van der Waals surface area contributed by atoms with Gasteiger partial charge in [0.25, 0.3) is 5.91 Å². The summed E-state index contributed by atoms with van der Waals surface area (Å²) in [5.41, 5.74) is 0.570. The lowest BCUT2D eigenvalue weighted by molar-refractivity contribution is -0.147. The van der Waals surface area contributed by atoms with Crippen molar-refractivity contribution in [1.29, 1.82) is 0 Å². The van der Waals surface area contributed by atoms with Crippen LogP contribution in [0.3, 0.4) is 0 Å². The number of esters is 1. The highest BCUT2D eigenvalue weighted by atomic mass is 19.4. The Morgan fingerprint density at radius 3 is 1.93 bits per heavy atom. The third-order valence-electron chi connectivity index (χ3n) is 5.95. The molecule has 1 unspecified atom stereocenters. The summed E-state index contributed by atoms with van der Waals surface area (Å²) in [4.78, 5) is 26.7. The van der Waals surface area contributed by atoms with E-state index in [9.17, 15) is 22.8 Å². The molecule has 0 N–H and O–H groups in total. The Balaban J connectivity index is 1.70. The Labute approximate surface area is 163 Å². The molecule has 3 rings (SSSR count). The Hall–Kier alpha value is -2.05. The number of benzene rings is 1. The maximum Gasteiger partial charge on any atom is 0.395 e. The molecule has 1 aromatic rings. The lowest BCUT2D eigenvalue weighted by Crippen LogP contribution is -2.44. The molecule has 0 spiro atoms. The molecule has 4 nitrogen and oxygen atoms in total. The monoisotopic (exact) mass is 397 g/mol. The fourth-order valence-electron chi connectivity index (χ4n) is 3.99. The van der Waals surface area contributed by atoms with E-state index in [4.69, 9.17) is 4.74 Å². The van der Waals surface area contributed by atoms with Crippen molar-refractivity contribution in [2.24, 2.45) is 5.92 Å². The van der Waals surface area contributed by atoms with Crippen molar-refractivity contribution in [3.8, 4) is 0 Å². The van der Waals surface area contributed by atoms with Gasteiger partial charge < -0.3 is 9.64 Å². The minimum Gasteiger partial charge on any atom is -0.469 e. The third-order valence-corrected chi connectivity index (χ3v) is 5.95. The molecule has 0 aliphatic heterocycles. The zero-order valence-corrected chi connectivity index (χ0v) is 16.2. The van der Waals surface area contributed by atoms with Crippen LogP contribution in [0.25, 0.3) is 0 Å². The molecular weight excluding hydrogens is 371 g/mol. The topological polar surface area (TPSA) is 46.6 Å². The highest BCUT2D eigenvalue weighted by molar-refractivity contribution is 5.95. The first kappa shape index (κ1) is 20.7. The average molecular weight is 397 g/mol. The Bertz CT molecular complexity index is 705. The van der Waals surface area contributed by atoms with Gasteiger partial charge in [-0.1, -0.05) is 12.1 Å². The average Bonchev–Trinajstić information content (AvgIpc) is 3.52. The second kappa shape index (κ2) is 8.13. The molecule has 2 aliphatic rings. The second-order valence-corrected chi connectivity index (χ2v) is 7.86. The highest BCUT2D eigenvalue weighted by Gasteiger charge is 2.40. The third kappa shape index (κ3) is 4.50. The summed E-state index contributed by atoms with van der Waals surface area (Å²) >= 11 is 0. The van der Waals surface area contributed by atoms with Crippen LogP contribution in [0.1, 0.15) is 67.3 Å². The molecule has 2 aliphatic carbocycles. The lowest BCUT2D eigenvalue weighted by Gasteiger charge is -2.36. The van der Waals surface area contributed by atoms with E-state index in [1.807, 2.05) is 4.90 Å². The molecule has 2 saturated carbocycles. The van der Waals surface area contributed by atoms with Crippen molar-refractivity contribution < 1.29 is 27.5 Å². The van der Waals surface area contributed by atoms with E-state index in [0.29, 0.717) is 18.4 Å². The van der Waals surface area contributed by atoms with E-state index in [0.717, 1.165) is 32.6 Å². The van der Waals surface area contributed by atoms with Crippen LogP contribution >= 0.6 is 0 Å². The lowest BCUT2D eigenvalue weighted by atomic mass is 9.85. The van der Waals surface area contributed by atoms with Gasteiger partial charge in [0, 0.05) is 17.6 Å². The van der Waals surface area contributed by atoms with Gasteiger partial charge in [0.1, 0.15) is 0 Å². The normalized spacial score (nSPS) is 23.8. The Morgan fingerprint density at radius 2 is 1.50 bits per heavy atom. The zero-order chi connectivity index (χ0) is 20.5. The summed E-state index contributed by atoms with van der Waals surface area (Å²) in [6, 6.07) is 6.04. The van der Waals surface area contributed by atoms with E-state index in [1.165, 1.54) is 31.4 Å². The molecule has 1 aromatic carbocycles. The SMILES string of the molecule is COC(=O)C1CCC(N(C(=O)c2ccc(C(C)C(F)(F)F)cc2)C2CC2)CC1. The summed E-state index contributed by atoms with van der Waals surface area (Å²) in [5.74, 6) is -2.00. The summed E-state index contributed by atoms with van der Waals surface area (Å²) in [5, 5.41) is 0. The van der Waals surface area contributed by atoms with Gasteiger partial charge in [-0.2, -0.15) is 13.2 Å². The molecule has 0 saturated heterocycles. The summed E-state index contributed by atoms with van der Waals surface area (Å²) in [6.07, 6.45) is 0.462. The Kier molecular flexibility index (Phi) is 6.01.